The van der Waals surface area contributed by atoms with Crippen LogP contribution in [0.4, 0.5) is 5.69 Å². The number of amides is 1. The Hall–Kier alpha value is -2.86. The summed E-state index contributed by atoms with van der Waals surface area (Å²) in [5, 5.41) is 3.13. The minimum absolute atomic E-state index is 0.00299. The number of anilines is 1. The molecule has 0 bridgehead atoms. The van der Waals surface area contributed by atoms with E-state index in [4.69, 9.17) is 21.1 Å². The van der Waals surface area contributed by atoms with Crippen molar-refractivity contribution in [3.05, 3.63) is 58.6 Å². The third-order valence-electron chi connectivity index (χ3n) is 4.04. The molecule has 0 heterocycles. The van der Waals surface area contributed by atoms with Crippen molar-refractivity contribution >= 4 is 34.9 Å². The lowest BCUT2D eigenvalue weighted by Crippen LogP contribution is -2.21. The lowest BCUT2D eigenvalue weighted by molar-refractivity contribution is -0.147. The predicted octanol–water partition coefficient (Wildman–Crippen LogP) is 4.58. The van der Waals surface area contributed by atoms with E-state index in [9.17, 15) is 14.4 Å². The van der Waals surface area contributed by atoms with Crippen molar-refractivity contribution in [1.29, 1.82) is 0 Å². The summed E-state index contributed by atoms with van der Waals surface area (Å²) < 4.78 is 10.4. The number of aryl methyl sites for hydroxylation is 1. The molecule has 0 unspecified atom stereocenters. The van der Waals surface area contributed by atoms with E-state index in [1.807, 2.05) is 13.8 Å². The monoisotopic (exact) mass is 417 g/mol. The fourth-order valence-corrected chi connectivity index (χ4v) is 2.62. The number of carbonyl (C=O) groups is 3. The van der Waals surface area contributed by atoms with Crippen LogP contribution < -0.4 is 10.1 Å². The molecule has 0 aromatic heterocycles. The number of nitrogens with one attached hydrogen (secondary N) is 1. The van der Waals surface area contributed by atoms with Gasteiger partial charge in [-0.3, -0.25) is 14.4 Å². The second-order valence-corrected chi connectivity index (χ2v) is 6.90. The highest BCUT2D eigenvalue weighted by Gasteiger charge is 2.13. The zero-order chi connectivity index (χ0) is 21.2. The first-order chi connectivity index (χ1) is 13.9. The van der Waals surface area contributed by atoms with Gasteiger partial charge in [0.2, 0.25) is 0 Å². The highest BCUT2D eigenvalue weighted by Crippen LogP contribution is 2.20. The average molecular weight is 418 g/mol. The van der Waals surface area contributed by atoms with E-state index in [2.05, 4.69) is 5.32 Å². The van der Waals surface area contributed by atoms with Gasteiger partial charge in [-0.05, 0) is 55.3 Å². The lowest BCUT2D eigenvalue weighted by atomic mass is 10.1. The highest BCUT2D eigenvalue weighted by molar-refractivity contribution is 6.31. The third-order valence-corrected chi connectivity index (χ3v) is 4.28. The Morgan fingerprint density at radius 2 is 1.76 bits per heavy atom. The van der Waals surface area contributed by atoms with Crippen molar-refractivity contribution in [3.63, 3.8) is 0 Å². The zero-order valence-corrected chi connectivity index (χ0v) is 17.3. The summed E-state index contributed by atoms with van der Waals surface area (Å²) in [5.41, 5.74) is 1.89. The topological polar surface area (TPSA) is 81.7 Å². The maximum atomic E-state index is 12.2. The van der Waals surface area contributed by atoms with Crippen LogP contribution in [0, 0.1) is 6.92 Å². The molecule has 0 aliphatic carbocycles. The van der Waals surface area contributed by atoms with Gasteiger partial charge >= 0.3 is 5.97 Å². The van der Waals surface area contributed by atoms with Crippen LogP contribution in [0.3, 0.4) is 0 Å². The predicted molar refractivity (Wildman–Crippen MR) is 112 cm³/mol. The van der Waals surface area contributed by atoms with Crippen LogP contribution >= 0.6 is 11.6 Å². The summed E-state index contributed by atoms with van der Waals surface area (Å²) >= 11 is 5.90. The second kappa shape index (κ2) is 11.2. The Labute approximate surface area is 175 Å². The van der Waals surface area contributed by atoms with E-state index >= 15 is 0 Å². The molecule has 1 N–H and O–H groups in total. The third kappa shape index (κ3) is 7.58. The molecule has 154 valence electrons. The number of carbonyl (C=O) groups excluding carboxylic acids is 3. The van der Waals surface area contributed by atoms with Crippen molar-refractivity contribution in [3.8, 4) is 5.75 Å². The van der Waals surface area contributed by atoms with Gasteiger partial charge in [-0.15, -0.1) is 0 Å². The van der Waals surface area contributed by atoms with Crippen molar-refractivity contribution in [2.24, 2.45) is 0 Å². The summed E-state index contributed by atoms with van der Waals surface area (Å²) in [6.45, 7) is 4.02. The molecule has 7 heteroatoms. The number of hydrogen-bond acceptors (Lipinski definition) is 5. The molecule has 1 amide bonds. The summed E-state index contributed by atoms with van der Waals surface area (Å²) in [5.74, 6) is -0.566. The van der Waals surface area contributed by atoms with Gasteiger partial charge in [0.15, 0.2) is 12.4 Å². The molecule has 0 radical (unpaired) electrons. The fraction of sp³-hybridized carbons (Fsp3) is 0.318. The van der Waals surface area contributed by atoms with Gasteiger partial charge in [0.1, 0.15) is 5.75 Å². The standard InChI is InChI=1S/C22H24ClNO5/c1-3-12-28-18-8-5-16(6-9-18)20(25)10-11-22(27)29-14-21(26)24-19-13-17(23)7-4-15(19)2/h4-9,13H,3,10-12,14H2,1-2H3,(H,24,26). The molecule has 0 fully saturated rings. The molecular weight excluding hydrogens is 394 g/mol. The SMILES string of the molecule is CCCOc1ccc(C(=O)CCC(=O)OCC(=O)Nc2cc(Cl)ccc2C)cc1. The molecule has 0 saturated heterocycles. The first kappa shape index (κ1) is 22.4. The number of esters is 1. The average Bonchev–Trinajstić information content (AvgIpc) is 2.72. The maximum absolute atomic E-state index is 12.2. The summed E-state index contributed by atoms with van der Waals surface area (Å²) in [6.07, 6.45) is 0.804. The lowest BCUT2D eigenvalue weighted by Gasteiger charge is -2.09. The van der Waals surface area contributed by atoms with Crippen LogP contribution in [0.1, 0.15) is 42.1 Å². The van der Waals surface area contributed by atoms with E-state index in [0.29, 0.717) is 28.6 Å². The molecule has 29 heavy (non-hydrogen) atoms. The number of ether oxygens (including phenoxy) is 2. The Morgan fingerprint density at radius 1 is 1.03 bits per heavy atom. The zero-order valence-electron chi connectivity index (χ0n) is 16.5. The molecule has 0 saturated carbocycles. The molecule has 2 aromatic carbocycles. The van der Waals surface area contributed by atoms with Gasteiger partial charge < -0.3 is 14.8 Å². The maximum Gasteiger partial charge on any atom is 0.306 e. The molecule has 0 atom stereocenters. The van der Waals surface area contributed by atoms with Crippen LogP contribution in [-0.4, -0.2) is 30.9 Å². The van der Waals surface area contributed by atoms with Gasteiger partial charge in [0, 0.05) is 22.7 Å². The van der Waals surface area contributed by atoms with Gasteiger partial charge in [-0.2, -0.15) is 0 Å². The molecule has 0 aliphatic heterocycles. The molecule has 2 aromatic rings. The van der Waals surface area contributed by atoms with E-state index in [0.717, 1.165) is 12.0 Å². The quantitative estimate of drug-likeness (QED) is 0.452. The number of rotatable bonds is 10. The molecule has 2 rings (SSSR count). The molecular formula is C22H24ClNO5. The highest BCUT2D eigenvalue weighted by atomic mass is 35.5. The second-order valence-electron chi connectivity index (χ2n) is 6.46. The number of benzene rings is 2. The largest absolute Gasteiger partial charge is 0.494 e. The van der Waals surface area contributed by atoms with Crippen molar-refractivity contribution < 1.29 is 23.9 Å². The van der Waals surface area contributed by atoms with E-state index in [1.54, 1.807) is 42.5 Å². The minimum atomic E-state index is -0.612. The van der Waals surface area contributed by atoms with Gasteiger partial charge in [-0.25, -0.2) is 0 Å². The van der Waals surface area contributed by atoms with Gasteiger partial charge in [0.05, 0.1) is 13.0 Å². The van der Waals surface area contributed by atoms with Crippen LogP contribution in [0.15, 0.2) is 42.5 Å². The van der Waals surface area contributed by atoms with Crippen molar-refractivity contribution in [1.82, 2.24) is 0 Å². The Morgan fingerprint density at radius 3 is 2.45 bits per heavy atom. The van der Waals surface area contributed by atoms with Crippen molar-refractivity contribution in [2.75, 3.05) is 18.5 Å². The Balaban J connectivity index is 1.74. The molecule has 0 aliphatic rings. The fourth-order valence-electron chi connectivity index (χ4n) is 2.45. The van der Waals surface area contributed by atoms with Crippen LogP contribution in [0.2, 0.25) is 5.02 Å². The van der Waals surface area contributed by atoms with Crippen LogP contribution in [0.5, 0.6) is 5.75 Å². The molecule has 6 nitrogen and oxygen atoms in total. The first-order valence-electron chi connectivity index (χ1n) is 9.36. The normalized spacial score (nSPS) is 10.3. The smallest absolute Gasteiger partial charge is 0.306 e. The van der Waals surface area contributed by atoms with E-state index in [-0.39, 0.29) is 18.6 Å². The Kier molecular flexibility index (Phi) is 8.68. The van der Waals surface area contributed by atoms with Crippen molar-refractivity contribution in [2.45, 2.75) is 33.1 Å². The van der Waals surface area contributed by atoms with Crippen LogP contribution in [0.25, 0.3) is 0 Å². The summed E-state index contributed by atoms with van der Waals surface area (Å²) in [7, 11) is 0. The number of halogens is 1. The minimum Gasteiger partial charge on any atom is -0.494 e. The number of hydrogen-bond donors (Lipinski definition) is 1. The van der Waals surface area contributed by atoms with Gasteiger partial charge in [-0.1, -0.05) is 24.6 Å². The summed E-state index contributed by atoms with van der Waals surface area (Å²) in [6, 6.07) is 11.9. The van der Waals surface area contributed by atoms with E-state index < -0.39 is 18.5 Å². The Bertz CT molecular complexity index is 864. The molecule has 0 spiro atoms. The van der Waals surface area contributed by atoms with Gasteiger partial charge in [0.25, 0.3) is 5.91 Å². The summed E-state index contributed by atoms with van der Waals surface area (Å²) in [4.78, 5) is 36.0. The first-order valence-corrected chi connectivity index (χ1v) is 9.74. The number of Topliss-reactive ketones (excluding diaryl/α,β-unsaturated/α-hetero) is 1. The van der Waals surface area contributed by atoms with E-state index in [1.165, 1.54) is 0 Å². The number of ketones is 1. The van der Waals surface area contributed by atoms with Crippen LogP contribution in [-0.2, 0) is 14.3 Å².